The van der Waals surface area contributed by atoms with E-state index in [1.807, 2.05) is 37.4 Å². The number of carbonyl (C=O) groups excluding carboxylic acids is 1. The van der Waals surface area contributed by atoms with Crippen LogP contribution >= 0.6 is 0 Å². The van der Waals surface area contributed by atoms with E-state index in [9.17, 15) is 4.79 Å². The highest BCUT2D eigenvalue weighted by atomic mass is 16.2. The number of carbonyl (C=O) groups is 1. The van der Waals surface area contributed by atoms with Crippen LogP contribution in [-0.4, -0.2) is 13.0 Å². The summed E-state index contributed by atoms with van der Waals surface area (Å²) in [7, 11) is 1.88. The van der Waals surface area contributed by atoms with Gasteiger partial charge >= 0.3 is 0 Å². The zero-order chi connectivity index (χ0) is 9.76. The number of benzene rings is 1. The Kier molecular flexibility index (Phi) is 1.37. The lowest BCUT2D eigenvalue weighted by Gasteiger charge is -2.18. The topological polar surface area (TPSA) is 20.3 Å². The molecule has 0 aliphatic heterocycles. The molecule has 3 rings (SSSR count). The second-order valence-electron chi connectivity index (χ2n) is 4.46. The van der Waals surface area contributed by atoms with Gasteiger partial charge in [-0.1, -0.05) is 18.2 Å². The molecule has 0 aromatic heterocycles. The predicted octanol–water partition coefficient (Wildman–Crippen LogP) is 2.06. The van der Waals surface area contributed by atoms with Gasteiger partial charge in [0.05, 0.1) is 5.41 Å². The molecule has 0 radical (unpaired) electrons. The third kappa shape index (κ3) is 0.939. The second-order valence-corrected chi connectivity index (χ2v) is 4.46. The van der Waals surface area contributed by atoms with Crippen LogP contribution in [0.1, 0.15) is 12.8 Å². The lowest BCUT2D eigenvalue weighted by Crippen LogP contribution is -2.30. The van der Waals surface area contributed by atoms with Gasteiger partial charge in [-0.15, -0.1) is 0 Å². The van der Waals surface area contributed by atoms with Gasteiger partial charge in [-0.2, -0.15) is 0 Å². The predicted molar refractivity (Wildman–Crippen MR) is 55.0 cm³/mol. The average molecular weight is 187 g/mol. The van der Waals surface area contributed by atoms with Crippen LogP contribution < -0.4 is 4.90 Å². The van der Waals surface area contributed by atoms with Crippen LogP contribution in [0.15, 0.2) is 30.3 Å². The Balaban J connectivity index is 1.82. The Morgan fingerprint density at radius 2 is 1.93 bits per heavy atom. The number of anilines is 1. The monoisotopic (exact) mass is 187 g/mol. The lowest BCUT2D eigenvalue weighted by atomic mass is 10.2. The Labute approximate surface area is 83.5 Å². The van der Waals surface area contributed by atoms with Crippen LogP contribution in [0.5, 0.6) is 0 Å². The molecule has 2 heteroatoms. The molecule has 0 N–H and O–H groups in total. The van der Waals surface area contributed by atoms with Crippen LogP contribution in [0.2, 0.25) is 0 Å². The van der Waals surface area contributed by atoms with E-state index in [1.54, 1.807) is 4.90 Å². The van der Waals surface area contributed by atoms with E-state index in [0.717, 1.165) is 24.4 Å². The van der Waals surface area contributed by atoms with E-state index in [0.29, 0.717) is 5.91 Å². The second kappa shape index (κ2) is 2.38. The number of hydrogen-bond donors (Lipinski definition) is 0. The minimum Gasteiger partial charge on any atom is -0.315 e. The maximum absolute atomic E-state index is 12.0. The smallest absolute Gasteiger partial charge is 0.233 e. The van der Waals surface area contributed by atoms with Crippen molar-refractivity contribution in [3.8, 4) is 0 Å². The minimum atomic E-state index is 0.0879. The fourth-order valence-corrected chi connectivity index (χ4v) is 2.15. The molecule has 72 valence electrons. The average Bonchev–Trinajstić information content (AvgIpc) is 3.05. The number of amides is 1. The molecule has 2 aliphatic rings. The van der Waals surface area contributed by atoms with E-state index in [4.69, 9.17) is 0 Å². The van der Waals surface area contributed by atoms with Gasteiger partial charge in [0.25, 0.3) is 0 Å². The molecule has 1 aromatic carbocycles. The zero-order valence-electron chi connectivity index (χ0n) is 8.23. The van der Waals surface area contributed by atoms with Gasteiger partial charge in [0, 0.05) is 12.7 Å². The number of para-hydroxylation sites is 1. The molecule has 0 unspecified atom stereocenters. The first kappa shape index (κ1) is 8.04. The van der Waals surface area contributed by atoms with Gasteiger partial charge in [0.1, 0.15) is 0 Å². The van der Waals surface area contributed by atoms with Crippen molar-refractivity contribution in [2.24, 2.45) is 11.3 Å². The first-order valence-corrected chi connectivity index (χ1v) is 5.07. The van der Waals surface area contributed by atoms with Crippen LogP contribution in [0.3, 0.4) is 0 Å². The van der Waals surface area contributed by atoms with Gasteiger partial charge in [-0.25, -0.2) is 0 Å². The third-order valence-corrected chi connectivity index (χ3v) is 3.56. The molecule has 14 heavy (non-hydrogen) atoms. The fraction of sp³-hybridized carbons (Fsp3) is 0.417. The Bertz CT molecular complexity index is 379. The van der Waals surface area contributed by atoms with Gasteiger partial charge in [-0.3, -0.25) is 4.79 Å². The maximum atomic E-state index is 12.0. The third-order valence-electron chi connectivity index (χ3n) is 3.56. The van der Waals surface area contributed by atoms with Crippen molar-refractivity contribution >= 4 is 11.6 Å². The highest BCUT2D eigenvalue weighted by molar-refractivity contribution is 6.01. The molecule has 0 bridgehead atoms. The Morgan fingerprint density at radius 1 is 1.36 bits per heavy atom. The normalized spacial score (nSPS) is 31.9. The summed E-state index contributed by atoms with van der Waals surface area (Å²) in [6.45, 7) is 0. The van der Waals surface area contributed by atoms with Gasteiger partial charge < -0.3 is 4.90 Å². The lowest BCUT2D eigenvalue weighted by molar-refractivity contribution is -0.121. The van der Waals surface area contributed by atoms with E-state index in [2.05, 4.69) is 0 Å². The van der Waals surface area contributed by atoms with Crippen LogP contribution in [0.25, 0.3) is 0 Å². The quantitative estimate of drug-likeness (QED) is 0.694. The van der Waals surface area contributed by atoms with Gasteiger partial charge in [0.15, 0.2) is 0 Å². The number of rotatable bonds is 2. The summed E-state index contributed by atoms with van der Waals surface area (Å²) in [5, 5.41) is 0. The van der Waals surface area contributed by atoms with Crippen molar-refractivity contribution in [2.45, 2.75) is 12.8 Å². The highest BCUT2D eigenvalue weighted by Gasteiger charge is 2.75. The first-order valence-electron chi connectivity index (χ1n) is 5.07. The van der Waals surface area contributed by atoms with Gasteiger partial charge in [-0.05, 0) is 30.9 Å². The van der Waals surface area contributed by atoms with Crippen molar-refractivity contribution in [1.29, 1.82) is 0 Å². The number of hydrogen-bond acceptors (Lipinski definition) is 1. The summed E-state index contributed by atoms with van der Waals surface area (Å²) in [6.07, 6.45) is 2.26. The van der Waals surface area contributed by atoms with Crippen molar-refractivity contribution in [1.82, 2.24) is 0 Å². The molecule has 2 saturated carbocycles. The summed E-state index contributed by atoms with van der Waals surface area (Å²) in [4.78, 5) is 13.8. The molecule has 2 aliphatic carbocycles. The molecule has 0 saturated heterocycles. The Morgan fingerprint density at radius 3 is 2.43 bits per heavy atom. The van der Waals surface area contributed by atoms with Crippen molar-refractivity contribution < 1.29 is 4.79 Å². The molecule has 0 heterocycles. The maximum Gasteiger partial charge on any atom is 0.233 e. The fourth-order valence-electron chi connectivity index (χ4n) is 2.15. The SMILES string of the molecule is CN(C(=O)C12CC1C2)c1ccccc1. The Hall–Kier alpha value is -1.31. The van der Waals surface area contributed by atoms with Crippen molar-refractivity contribution in [3.05, 3.63) is 30.3 Å². The van der Waals surface area contributed by atoms with Crippen molar-refractivity contribution in [2.75, 3.05) is 11.9 Å². The molecular weight excluding hydrogens is 174 g/mol. The molecule has 2 nitrogen and oxygen atoms in total. The minimum absolute atomic E-state index is 0.0879. The van der Waals surface area contributed by atoms with Gasteiger partial charge in [0.2, 0.25) is 5.91 Å². The van der Waals surface area contributed by atoms with E-state index in [-0.39, 0.29) is 5.41 Å². The molecular formula is C12H13NO. The summed E-state index contributed by atoms with van der Waals surface area (Å²) < 4.78 is 0. The standard InChI is InChI=1S/C12H13NO/c1-13(10-5-3-2-4-6-10)11(14)12-7-9(12)8-12/h2-6,9H,7-8H2,1H3. The van der Waals surface area contributed by atoms with E-state index >= 15 is 0 Å². The van der Waals surface area contributed by atoms with Crippen LogP contribution in [-0.2, 0) is 4.79 Å². The highest BCUT2D eigenvalue weighted by Crippen LogP contribution is 2.75. The van der Waals surface area contributed by atoms with E-state index < -0.39 is 0 Å². The molecule has 2 fully saturated rings. The summed E-state index contributed by atoms with van der Waals surface area (Å²) in [5.41, 5.74) is 1.09. The molecule has 0 spiro atoms. The number of nitrogens with zero attached hydrogens (tertiary/aromatic N) is 1. The van der Waals surface area contributed by atoms with Crippen LogP contribution in [0, 0.1) is 11.3 Å². The molecule has 1 aromatic rings. The zero-order valence-corrected chi connectivity index (χ0v) is 8.23. The number of fused-ring (bicyclic) bond motifs is 1. The van der Waals surface area contributed by atoms with Crippen LogP contribution in [0.4, 0.5) is 5.69 Å². The van der Waals surface area contributed by atoms with Crippen molar-refractivity contribution in [3.63, 3.8) is 0 Å². The summed E-state index contributed by atoms with van der Waals surface area (Å²) in [5.74, 6) is 1.04. The molecule has 1 amide bonds. The van der Waals surface area contributed by atoms with E-state index in [1.165, 1.54) is 0 Å². The summed E-state index contributed by atoms with van der Waals surface area (Å²) in [6, 6.07) is 9.86. The molecule has 0 atom stereocenters. The largest absolute Gasteiger partial charge is 0.315 e. The first-order chi connectivity index (χ1) is 6.74. The summed E-state index contributed by atoms with van der Waals surface area (Å²) >= 11 is 0.